The fraction of sp³-hybridized carbons (Fsp3) is 0.222. The number of ether oxygens (including phenoxy) is 1. The number of thioether (sulfide) groups is 1. The van der Waals surface area contributed by atoms with Gasteiger partial charge in [0.25, 0.3) is 11.1 Å². The number of hydrogen-bond donors (Lipinski definition) is 0. The molecule has 8 heteroatoms. The fourth-order valence-corrected chi connectivity index (χ4v) is 3.73. The first-order chi connectivity index (χ1) is 12.5. The minimum Gasteiger partial charge on any atom is -0.467 e. The van der Waals surface area contributed by atoms with E-state index in [4.69, 9.17) is 5.26 Å². The minimum absolute atomic E-state index is 0.176. The number of nitrogens with zero attached hydrogens (tertiary/aromatic N) is 3. The van der Waals surface area contributed by atoms with Gasteiger partial charge in [0, 0.05) is 22.7 Å². The van der Waals surface area contributed by atoms with Gasteiger partial charge in [-0.1, -0.05) is 18.2 Å². The van der Waals surface area contributed by atoms with Crippen LogP contribution in [0.2, 0.25) is 0 Å². The minimum atomic E-state index is -0.988. The molecule has 0 aliphatic carbocycles. The van der Waals surface area contributed by atoms with Crippen molar-refractivity contribution in [2.24, 2.45) is 0 Å². The molecule has 3 rings (SSSR count). The Bertz CT molecular complexity index is 986. The van der Waals surface area contributed by atoms with E-state index in [1.807, 2.05) is 24.3 Å². The second-order valence-electron chi connectivity index (χ2n) is 5.64. The highest BCUT2D eigenvalue weighted by Crippen LogP contribution is 2.35. The third kappa shape index (κ3) is 2.97. The quantitative estimate of drug-likeness (QED) is 0.608. The summed E-state index contributed by atoms with van der Waals surface area (Å²) in [4.78, 5) is 37.6. The summed E-state index contributed by atoms with van der Waals surface area (Å²) in [6.45, 7) is 1.62. The van der Waals surface area contributed by atoms with Crippen molar-refractivity contribution < 1.29 is 19.1 Å². The van der Waals surface area contributed by atoms with Crippen LogP contribution in [0.3, 0.4) is 0 Å². The lowest BCUT2D eigenvalue weighted by Gasteiger charge is -2.18. The first-order valence-corrected chi connectivity index (χ1v) is 8.59. The molecule has 1 aromatic carbocycles. The second kappa shape index (κ2) is 7.06. The molecule has 1 aliphatic rings. The number of rotatable bonds is 4. The van der Waals surface area contributed by atoms with Crippen LogP contribution in [0.4, 0.5) is 4.79 Å². The Hall–Kier alpha value is -3.05. The summed E-state index contributed by atoms with van der Waals surface area (Å²) in [7, 11) is 1.21. The van der Waals surface area contributed by atoms with Crippen LogP contribution in [-0.2, 0) is 20.9 Å². The zero-order valence-electron chi connectivity index (χ0n) is 14.1. The molecule has 1 fully saturated rings. The lowest BCUT2D eigenvalue weighted by Crippen LogP contribution is -2.42. The van der Waals surface area contributed by atoms with Gasteiger partial charge >= 0.3 is 5.97 Å². The highest BCUT2D eigenvalue weighted by Gasteiger charge is 2.41. The number of methoxy groups -OCH3 is 1. The van der Waals surface area contributed by atoms with Crippen LogP contribution in [0.25, 0.3) is 17.0 Å². The van der Waals surface area contributed by atoms with Gasteiger partial charge in [-0.25, -0.2) is 4.79 Å². The Morgan fingerprint density at radius 3 is 2.81 bits per heavy atom. The topological polar surface area (TPSA) is 92.4 Å². The lowest BCUT2D eigenvalue weighted by atomic mass is 10.1. The average Bonchev–Trinajstić information content (AvgIpc) is 3.12. The predicted octanol–water partition coefficient (Wildman–Crippen LogP) is 2.76. The van der Waals surface area contributed by atoms with Gasteiger partial charge in [0.1, 0.15) is 12.6 Å². The van der Waals surface area contributed by atoms with Gasteiger partial charge in [-0.2, -0.15) is 5.26 Å². The summed E-state index contributed by atoms with van der Waals surface area (Å²) in [6.07, 6.45) is 3.39. The molecule has 0 unspecified atom stereocenters. The van der Waals surface area contributed by atoms with Crippen molar-refractivity contribution in [1.82, 2.24) is 9.47 Å². The third-order valence-corrected chi connectivity index (χ3v) is 4.98. The Morgan fingerprint density at radius 2 is 2.12 bits per heavy atom. The molecular formula is C18H15N3O4S. The molecule has 1 aromatic heterocycles. The molecule has 132 valence electrons. The van der Waals surface area contributed by atoms with Crippen LogP contribution in [0, 0.1) is 11.3 Å². The van der Waals surface area contributed by atoms with Gasteiger partial charge in [-0.3, -0.25) is 14.5 Å². The Morgan fingerprint density at radius 1 is 1.38 bits per heavy atom. The van der Waals surface area contributed by atoms with Crippen LogP contribution in [0.5, 0.6) is 0 Å². The predicted molar refractivity (Wildman–Crippen MR) is 96.8 cm³/mol. The summed E-state index contributed by atoms with van der Waals surface area (Å²) in [5.74, 6) is -1.19. The van der Waals surface area contributed by atoms with E-state index in [2.05, 4.69) is 10.8 Å². The molecule has 26 heavy (non-hydrogen) atoms. The average molecular weight is 369 g/mol. The molecule has 0 spiro atoms. The molecule has 7 nitrogen and oxygen atoms in total. The number of benzene rings is 1. The van der Waals surface area contributed by atoms with Crippen molar-refractivity contribution in [3.8, 4) is 6.07 Å². The summed E-state index contributed by atoms with van der Waals surface area (Å²) >= 11 is 0.781. The lowest BCUT2D eigenvalue weighted by molar-refractivity contribution is -0.148. The van der Waals surface area contributed by atoms with Crippen LogP contribution >= 0.6 is 11.8 Å². The van der Waals surface area contributed by atoms with Gasteiger partial charge in [0.15, 0.2) is 0 Å². The van der Waals surface area contributed by atoms with Gasteiger partial charge in [0.2, 0.25) is 0 Å². The maximum Gasteiger partial charge on any atom is 0.328 e. The van der Waals surface area contributed by atoms with Crippen molar-refractivity contribution in [2.75, 3.05) is 7.11 Å². The standard InChI is InChI=1S/C18H15N3O4S/c1-11(17(23)25-2)21-16(22)15(26-18(21)24)9-12-10-20(8-7-19)14-6-4-3-5-13(12)14/h3-6,9-11H,8H2,1-2H3/b15-9+/t11-/m1/s1. The Labute approximate surface area is 153 Å². The molecule has 1 saturated heterocycles. The maximum absolute atomic E-state index is 12.6. The smallest absolute Gasteiger partial charge is 0.328 e. The zero-order chi connectivity index (χ0) is 18.8. The van der Waals surface area contributed by atoms with Gasteiger partial charge in [-0.05, 0) is 30.8 Å². The Balaban J connectivity index is 2.00. The van der Waals surface area contributed by atoms with Crippen molar-refractivity contribution in [1.29, 1.82) is 5.26 Å². The van der Waals surface area contributed by atoms with E-state index >= 15 is 0 Å². The molecule has 0 N–H and O–H groups in total. The van der Waals surface area contributed by atoms with Crippen LogP contribution in [-0.4, -0.2) is 39.7 Å². The van der Waals surface area contributed by atoms with Crippen molar-refractivity contribution >= 4 is 45.9 Å². The highest BCUT2D eigenvalue weighted by molar-refractivity contribution is 8.18. The first kappa shape index (κ1) is 17.8. The van der Waals surface area contributed by atoms with Gasteiger partial charge in [-0.15, -0.1) is 0 Å². The van der Waals surface area contributed by atoms with E-state index in [-0.39, 0.29) is 11.4 Å². The number of nitriles is 1. The fourth-order valence-electron chi connectivity index (χ4n) is 2.83. The van der Waals surface area contributed by atoms with E-state index in [1.165, 1.54) is 14.0 Å². The zero-order valence-corrected chi connectivity index (χ0v) is 14.9. The first-order valence-electron chi connectivity index (χ1n) is 7.77. The second-order valence-corrected chi connectivity index (χ2v) is 6.63. The Kier molecular flexibility index (Phi) is 4.82. The van der Waals surface area contributed by atoms with Crippen molar-refractivity contribution in [3.05, 3.63) is 40.9 Å². The van der Waals surface area contributed by atoms with Crippen molar-refractivity contribution in [3.63, 3.8) is 0 Å². The van der Waals surface area contributed by atoms with Gasteiger partial charge < -0.3 is 9.30 Å². The summed E-state index contributed by atoms with van der Waals surface area (Å²) in [5.41, 5.74) is 1.59. The normalized spacial score (nSPS) is 17.0. The summed E-state index contributed by atoms with van der Waals surface area (Å²) in [5, 5.41) is 9.34. The number of amides is 2. The molecule has 2 aromatic rings. The summed E-state index contributed by atoms with van der Waals surface area (Å²) < 4.78 is 6.40. The third-order valence-electron chi connectivity index (χ3n) is 4.10. The van der Waals surface area contributed by atoms with E-state index in [0.717, 1.165) is 33.1 Å². The van der Waals surface area contributed by atoms with Gasteiger partial charge in [0.05, 0.1) is 18.1 Å². The highest BCUT2D eigenvalue weighted by atomic mass is 32.2. The van der Waals surface area contributed by atoms with E-state index in [1.54, 1.807) is 16.8 Å². The maximum atomic E-state index is 12.6. The molecule has 0 saturated carbocycles. The van der Waals surface area contributed by atoms with Crippen LogP contribution in [0.1, 0.15) is 12.5 Å². The van der Waals surface area contributed by atoms with E-state index < -0.39 is 23.2 Å². The molecule has 1 aliphatic heterocycles. The van der Waals surface area contributed by atoms with E-state index in [9.17, 15) is 14.4 Å². The monoisotopic (exact) mass is 369 g/mol. The number of aromatic nitrogens is 1. The largest absolute Gasteiger partial charge is 0.467 e. The molecule has 1 atom stereocenters. The number of carbonyl (C=O) groups is 3. The SMILES string of the molecule is COC(=O)[C@@H](C)N1C(=O)S/C(=C/c2cn(CC#N)c3ccccc23)C1=O. The number of hydrogen-bond acceptors (Lipinski definition) is 6. The molecule has 0 radical (unpaired) electrons. The molecule has 0 bridgehead atoms. The molecule has 2 heterocycles. The number of carbonyl (C=O) groups excluding carboxylic acids is 3. The van der Waals surface area contributed by atoms with Crippen molar-refractivity contribution in [2.45, 2.75) is 19.5 Å². The van der Waals surface area contributed by atoms with E-state index in [0.29, 0.717) is 0 Å². The summed E-state index contributed by atoms with van der Waals surface area (Å²) in [6, 6.07) is 8.61. The molecule has 2 amide bonds. The number of para-hydroxylation sites is 1. The number of esters is 1. The molecular weight excluding hydrogens is 354 g/mol. The van der Waals surface area contributed by atoms with Crippen LogP contribution in [0.15, 0.2) is 35.4 Å². The number of fused-ring (bicyclic) bond motifs is 1. The van der Waals surface area contributed by atoms with Crippen LogP contribution < -0.4 is 0 Å². The number of imide groups is 1.